The third-order valence-corrected chi connectivity index (χ3v) is 3.67. The van der Waals surface area contributed by atoms with Crippen LogP contribution in [-0.4, -0.2) is 12.6 Å². The van der Waals surface area contributed by atoms with Crippen molar-refractivity contribution in [2.75, 3.05) is 18.2 Å². The highest BCUT2D eigenvalue weighted by Gasteiger charge is 2.23. The van der Waals surface area contributed by atoms with Gasteiger partial charge in [-0.3, -0.25) is 0 Å². The standard InChI is InChI=1S/C14H24N2O/c1-5-14(6-2,7-3)16-11-8-9-12(15)13(10-11)17-4/h8-10,16H,5-7,15H2,1-4H3. The van der Waals surface area contributed by atoms with Crippen LogP contribution in [0.1, 0.15) is 40.0 Å². The summed E-state index contributed by atoms with van der Waals surface area (Å²) in [5, 5.41) is 3.61. The number of hydrogen-bond acceptors (Lipinski definition) is 3. The van der Waals surface area contributed by atoms with Gasteiger partial charge < -0.3 is 15.8 Å². The van der Waals surface area contributed by atoms with Crippen molar-refractivity contribution in [3.05, 3.63) is 18.2 Å². The van der Waals surface area contributed by atoms with E-state index in [0.29, 0.717) is 5.69 Å². The quantitative estimate of drug-likeness (QED) is 0.741. The Morgan fingerprint density at radius 3 is 2.24 bits per heavy atom. The molecule has 0 aliphatic carbocycles. The molecule has 3 nitrogen and oxygen atoms in total. The van der Waals surface area contributed by atoms with E-state index in [9.17, 15) is 0 Å². The Kier molecular flexibility index (Phi) is 4.67. The molecule has 3 heteroatoms. The number of nitrogens with two attached hydrogens (primary N) is 1. The first-order chi connectivity index (χ1) is 8.10. The van der Waals surface area contributed by atoms with E-state index >= 15 is 0 Å². The number of rotatable bonds is 6. The molecule has 0 saturated heterocycles. The van der Waals surface area contributed by atoms with Crippen LogP contribution in [0.25, 0.3) is 0 Å². The van der Waals surface area contributed by atoms with Crippen LogP contribution in [0.2, 0.25) is 0 Å². The van der Waals surface area contributed by atoms with E-state index in [0.717, 1.165) is 30.7 Å². The molecule has 0 spiro atoms. The minimum atomic E-state index is 0.168. The van der Waals surface area contributed by atoms with E-state index in [1.54, 1.807) is 7.11 Å². The van der Waals surface area contributed by atoms with Crippen LogP contribution < -0.4 is 15.8 Å². The molecule has 17 heavy (non-hydrogen) atoms. The molecule has 0 saturated carbocycles. The summed E-state index contributed by atoms with van der Waals surface area (Å²) in [5.41, 5.74) is 7.72. The molecule has 1 aromatic rings. The lowest BCUT2D eigenvalue weighted by molar-refractivity contribution is 0.412. The first-order valence-electron chi connectivity index (χ1n) is 6.32. The van der Waals surface area contributed by atoms with Gasteiger partial charge in [-0.15, -0.1) is 0 Å². The van der Waals surface area contributed by atoms with E-state index in [2.05, 4.69) is 26.1 Å². The van der Waals surface area contributed by atoms with Crippen molar-refractivity contribution in [1.29, 1.82) is 0 Å². The topological polar surface area (TPSA) is 47.3 Å². The number of nitrogen functional groups attached to an aromatic ring is 1. The number of ether oxygens (including phenoxy) is 1. The van der Waals surface area contributed by atoms with Crippen molar-refractivity contribution in [2.45, 2.75) is 45.6 Å². The van der Waals surface area contributed by atoms with Gasteiger partial charge in [0.25, 0.3) is 0 Å². The molecule has 0 aliphatic heterocycles. The summed E-state index contributed by atoms with van der Waals surface area (Å²) in [6.07, 6.45) is 3.31. The maximum atomic E-state index is 5.81. The molecule has 0 atom stereocenters. The number of anilines is 2. The van der Waals surface area contributed by atoms with Crippen molar-refractivity contribution in [3.8, 4) is 5.75 Å². The largest absolute Gasteiger partial charge is 0.495 e. The lowest BCUT2D eigenvalue weighted by atomic mass is 9.89. The summed E-state index contributed by atoms with van der Waals surface area (Å²) in [5.74, 6) is 0.729. The van der Waals surface area contributed by atoms with Gasteiger partial charge in [-0.25, -0.2) is 0 Å². The summed E-state index contributed by atoms with van der Waals surface area (Å²) in [7, 11) is 1.64. The lowest BCUT2D eigenvalue weighted by Crippen LogP contribution is -2.36. The van der Waals surface area contributed by atoms with Crippen LogP contribution in [0, 0.1) is 0 Å². The predicted octanol–water partition coefficient (Wildman–Crippen LogP) is 3.66. The highest BCUT2D eigenvalue weighted by molar-refractivity contribution is 5.62. The first-order valence-corrected chi connectivity index (χ1v) is 6.32. The second kappa shape index (κ2) is 5.80. The molecular formula is C14H24N2O. The van der Waals surface area contributed by atoms with Gasteiger partial charge in [-0.1, -0.05) is 20.8 Å². The normalized spacial score (nSPS) is 11.3. The van der Waals surface area contributed by atoms with Crippen LogP contribution in [0.5, 0.6) is 5.75 Å². The minimum absolute atomic E-state index is 0.168. The zero-order chi connectivity index (χ0) is 12.9. The molecule has 0 bridgehead atoms. The molecule has 1 rings (SSSR count). The molecule has 0 aliphatic rings. The second-order valence-electron chi connectivity index (χ2n) is 4.42. The number of methoxy groups -OCH3 is 1. The monoisotopic (exact) mass is 236 g/mol. The van der Waals surface area contributed by atoms with Crippen molar-refractivity contribution in [2.24, 2.45) is 0 Å². The van der Waals surface area contributed by atoms with Crippen molar-refractivity contribution < 1.29 is 4.74 Å². The van der Waals surface area contributed by atoms with Gasteiger partial charge in [-0.05, 0) is 31.4 Å². The lowest BCUT2D eigenvalue weighted by Gasteiger charge is -2.33. The van der Waals surface area contributed by atoms with Gasteiger partial charge in [0.1, 0.15) is 5.75 Å². The summed E-state index contributed by atoms with van der Waals surface area (Å²) < 4.78 is 5.24. The molecule has 0 heterocycles. The van der Waals surface area contributed by atoms with E-state index in [-0.39, 0.29) is 5.54 Å². The predicted molar refractivity (Wildman–Crippen MR) is 74.6 cm³/mol. The Morgan fingerprint density at radius 2 is 1.76 bits per heavy atom. The third-order valence-electron chi connectivity index (χ3n) is 3.67. The average molecular weight is 236 g/mol. The van der Waals surface area contributed by atoms with Gasteiger partial charge in [0, 0.05) is 17.3 Å². The van der Waals surface area contributed by atoms with Gasteiger partial charge in [0.05, 0.1) is 12.8 Å². The smallest absolute Gasteiger partial charge is 0.143 e. The Hall–Kier alpha value is -1.38. The van der Waals surface area contributed by atoms with Crippen molar-refractivity contribution in [3.63, 3.8) is 0 Å². The summed E-state index contributed by atoms with van der Waals surface area (Å²) in [6, 6.07) is 5.85. The van der Waals surface area contributed by atoms with E-state index < -0.39 is 0 Å². The average Bonchev–Trinajstić information content (AvgIpc) is 2.38. The number of benzene rings is 1. The Bertz CT molecular complexity index is 351. The maximum absolute atomic E-state index is 5.81. The molecule has 0 amide bonds. The SMILES string of the molecule is CCC(CC)(CC)Nc1ccc(N)c(OC)c1. The fourth-order valence-corrected chi connectivity index (χ4v) is 2.11. The molecule has 3 N–H and O–H groups in total. The maximum Gasteiger partial charge on any atom is 0.143 e. The Balaban J connectivity index is 2.94. The van der Waals surface area contributed by atoms with Crippen molar-refractivity contribution in [1.82, 2.24) is 0 Å². The first kappa shape index (κ1) is 13.7. The molecule has 1 aromatic carbocycles. The van der Waals surface area contributed by atoms with E-state index in [1.807, 2.05) is 18.2 Å². The number of nitrogens with one attached hydrogen (secondary N) is 1. The zero-order valence-electron chi connectivity index (χ0n) is 11.3. The van der Waals surface area contributed by atoms with E-state index in [1.165, 1.54) is 0 Å². The van der Waals surface area contributed by atoms with Gasteiger partial charge in [-0.2, -0.15) is 0 Å². The van der Waals surface area contributed by atoms with Crippen LogP contribution in [0.3, 0.4) is 0 Å². The van der Waals surface area contributed by atoms with Crippen LogP contribution >= 0.6 is 0 Å². The second-order valence-corrected chi connectivity index (χ2v) is 4.42. The highest BCUT2D eigenvalue weighted by Crippen LogP contribution is 2.30. The van der Waals surface area contributed by atoms with E-state index in [4.69, 9.17) is 10.5 Å². The van der Waals surface area contributed by atoms with Crippen molar-refractivity contribution >= 4 is 11.4 Å². The van der Waals surface area contributed by atoms with Crippen LogP contribution in [0.4, 0.5) is 11.4 Å². The minimum Gasteiger partial charge on any atom is -0.495 e. The molecule has 0 radical (unpaired) electrons. The van der Waals surface area contributed by atoms with Crippen LogP contribution in [-0.2, 0) is 0 Å². The third kappa shape index (κ3) is 3.05. The van der Waals surface area contributed by atoms with Crippen LogP contribution in [0.15, 0.2) is 18.2 Å². The molecule has 0 fully saturated rings. The summed E-state index contributed by atoms with van der Waals surface area (Å²) in [4.78, 5) is 0. The summed E-state index contributed by atoms with van der Waals surface area (Å²) >= 11 is 0. The Morgan fingerprint density at radius 1 is 1.18 bits per heavy atom. The Labute approximate surface area is 104 Å². The molecule has 96 valence electrons. The number of hydrogen-bond donors (Lipinski definition) is 2. The fourth-order valence-electron chi connectivity index (χ4n) is 2.11. The summed E-state index contributed by atoms with van der Waals surface area (Å²) in [6.45, 7) is 6.65. The molecule has 0 aromatic heterocycles. The zero-order valence-corrected chi connectivity index (χ0v) is 11.3. The van der Waals surface area contributed by atoms with Gasteiger partial charge in [0.15, 0.2) is 0 Å². The highest BCUT2D eigenvalue weighted by atomic mass is 16.5. The van der Waals surface area contributed by atoms with Gasteiger partial charge in [0.2, 0.25) is 0 Å². The molecular weight excluding hydrogens is 212 g/mol. The molecule has 0 unspecified atom stereocenters. The van der Waals surface area contributed by atoms with Gasteiger partial charge >= 0.3 is 0 Å². The fraction of sp³-hybridized carbons (Fsp3) is 0.571.